The summed E-state index contributed by atoms with van der Waals surface area (Å²) in [6.45, 7) is 0. The Kier molecular flexibility index (Phi) is 6.00. The first-order valence-corrected chi connectivity index (χ1v) is 7.49. The smallest absolute Gasteiger partial charge is 0.271 e. The number of nitrogens with one attached hydrogen (secondary N) is 1. The fraction of sp³-hybridized carbons (Fsp3) is 0.111. The molecule has 128 valence electrons. The lowest BCUT2D eigenvalue weighted by Crippen LogP contribution is -2.17. The van der Waals surface area contributed by atoms with E-state index in [4.69, 9.17) is 0 Å². The van der Waals surface area contributed by atoms with Gasteiger partial charge in [0, 0.05) is 43.7 Å². The highest BCUT2D eigenvalue weighted by Gasteiger charge is 2.08. The number of hydrazone groups is 1. The molecule has 0 fully saturated rings. The molecule has 0 aliphatic rings. The molecular formula is C18H18N4O3. The van der Waals surface area contributed by atoms with Gasteiger partial charge in [-0.25, -0.2) is 5.43 Å². The third-order valence-corrected chi connectivity index (χ3v) is 3.37. The van der Waals surface area contributed by atoms with Gasteiger partial charge in [0.25, 0.3) is 11.6 Å². The second-order valence-corrected chi connectivity index (χ2v) is 5.37. The molecule has 2 rings (SSSR count). The van der Waals surface area contributed by atoms with Gasteiger partial charge in [-0.3, -0.25) is 14.9 Å². The van der Waals surface area contributed by atoms with Crippen molar-refractivity contribution in [2.45, 2.75) is 0 Å². The van der Waals surface area contributed by atoms with Crippen LogP contribution < -0.4 is 10.3 Å². The Morgan fingerprint density at radius 1 is 1.12 bits per heavy atom. The number of hydrogen-bond acceptors (Lipinski definition) is 5. The summed E-state index contributed by atoms with van der Waals surface area (Å²) in [6, 6.07) is 13.3. The van der Waals surface area contributed by atoms with Gasteiger partial charge >= 0.3 is 0 Å². The molecule has 0 saturated carbocycles. The van der Waals surface area contributed by atoms with Crippen LogP contribution in [-0.4, -0.2) is 31.1 Å². The van der Waals surface area contributed by atoms with Crippen molar-refractivity contribution < 1.29 is 9.72 Å². The minimum atomic E-state index is -0.518. The Labute approximate surface area is 145 Å². The van der Waals surface area contributed by atoms with E-state index in [0.717, 1.165) is 11.3 Å². The van der Waals surface area contributed by atoms with E-state index in [-0.39, 0.29) is 5.69 Å². The Balaban J connectivity index is 1.87. The normalized spacial score (nSPS) is 11.0. The van der Waals surface area contributed by atoms with E-state index in [1.165, 1.54) is 30.5 Å². The molecule has 0 atom stereocenters. The maximum absolute atomic E-state index is 11.8. The molecule has 2 aromatic carbocycles. The van der Waals surface area contributed by atoms with Crippen LogP contribution >= 0.6 is 0 Å². The summed E-state index contributed by atoms with van der Waals surface area (Å²) in [5, 5.41) is 14.4. The molecule has 0 saturated heterocycles. The van der Waals surface area contributed by atoms with Gasteiger partial charge in [0.05, 0.1) is 4.92 Å². The van der Waals surface area contributed by atoms with Crippen LogP contribution in [0.25, 0.3) is 6.08 Å². The average molecular weight is 338 g/mol. The van der Waals surface area contributed by atoms with Crippen molar-refractivity contribution in [1.82, 2.24) is 5.43 Å². The van der Waals surface area contributed by atoms with Crippen LogP contribution in [0, 0.1) is 10.1 Å². The molecule has 1 amide bonds. The lowest BCUT2D eigenvalue weighted by atomic mass is 10.2. The monoisotopic (exact) mass is 338 g/mol. The van der Waals surface area contributed by atoms with Crippen molar-refractivity contribution >= 4 is 29.6 Å². The summed E-state index contributed by atoms with van der Waals surface area (Å²) >= 11 is 0. The number of carbonyl (C=O) groups is 1. The zero-order chi connectivity index (χ0) is 18.2. The van der Waals surface area contributed by atoms with E-state index < -0.39 is 10.8 Å². The summed E-state index contributed by atoms with van der Waals surface area (Å²) < 4.78 is 0. The highest BCUT2D eigenvalue weighted by molar-refractivity contribution is 5.94. The Morgan fingerprint density at radius 3 is 2.32 bits per heavy atom. The van der Waals surface area contributed by atoms with E-state index in [1.54, 1.807) is 6.08 Å². The van der Waals surface area contributed by atoms with Gasteiger partial charge in [0.1, 0.15) is 0 Å². The molecule has 0 spiro atoms. The van der Waals surface area contributed by atoms with Gasteiger partial charge < -0.3 is 4.90 Å². The molecule has 0 heterocycles. The first-order chi connectivity index (χ1) is 12.0. The van der Waals surface area contributed by atoms with Crippen LogP contribution in [0.15, 0.2) is 59.7 Å². The quantitative estimate of drug-likeness (QED) is 0.498. The number of rotatable bonds is 6. The average Bonchev–Trinajstić information content (AvgIpc) is 2.61. The second-order valence-electron chi connectivity index (χ2n) is 5.37. The molecule has 0 aliphatic carbocycles. The van der Waals surface area contributed by atoms with Gasteiger partial charge in [-0.15, -0.1) is 0 Å². The van der Waals surface area contributed by atoms with Gasteiger partial charge in [-0.1, -0.05) is 18.2 Å². The summed E-state index contributed by atoms with van der Waals surface area (Å²) in [5.74, 6) is -0.435. The van der Waals surface area contributed by atoms with Crippen molar-refractivity contribution in [3.63, 3.8) is 0 Å². The van der Waals surface area contributed by atoms with Crippen molar-refractivity contribution in [3.8, 4) is 0 Å². The first-order valence-electron chi connectivity index (χ1n) is 7.49. The maximum atomic E-state index is 11.8. The van der Waals surface area contributed by atoms with Crippen LogP contribution in [-0.2, 0) is 0 Å². The number of amides is 1. The molecule has 7 nitrogen and oxygen atoms in total. The van der Waals surface area contributed by atoms with Gasteiger partial charge in [-0.05, 0) is 35.9 Å². The number of anilines is 1. The van der Waals surface area contributed by atoms with Crippen molar-refractivity contribution in [1.29, 1.82) is 0 Å². The van der Waals surface area contributed by atoms with E-state index in [2.05, 4.69) is 10.5 Å². The summed E-state index contributed by atoms with van der Waals surface area (Å²) in [7, 11) is 3.95. The molecule has 7 heteroatoms. The predicted molar refractivity (Wildman–Crippen MR) is 98.9 cm³/mol. The Morgan fingerprint density at radius 2 is 1.76 bits per heavy atom. The first kappa shape index (κ1) is 17.9. The third-order valence-electron chi connectivity index (χ3n) is 3.37. The summed E-state index contributed by atoms with van der Waals surface area (Å²) in [6.07, 6.45) is 5.03. The Hall–Kier alpha value is -3.48. The molecule has 25 heavy (non-hydrogen) atoms. The lowest BCUT2D eigenvalue weighted by molar-refractivity contribution is -0.384. The zero-order valence-electron chi connectivity index (χ0n) is 13.9. The third kappa shape index (κ3) is 5.28. The van der Waals surface area contributed by atoms with Gasteiger partial charge in [0.2, 0.25) is 0 Å². The number of nitrogens with zero attached hydrogens (tertiary/aromatic N) is 3. The second kappa shape index (κ2) is 8.39. The van der Waals surface area contributed by atoms with E-state index in [9.17, 15) is 14.9 Å². The van der Waals surface area contributed by atoms with Crippen LogP contribution in [0.4, 0.5) is 11.4 Å². The van der Waals surface area contributed by atoms with Crippen LogP contribution in [0.3, 0.4) is 0 Å². The largest absolute Gasteiger partial charge is 0.378 e. The maximum Gasteiger partial charge on any atom is 0.271 e. The van der Waals surface area contributed by atoms with Crippen LogP contribution in [0.5, 0.6) is 0 Å². The molecule has 1 N–H and O–H groups in total. The highest BCUT2D eigenvalue weighted by Crippen LogP contribution is 2.13. The molecule has 0 radical (unpaired) electrons. The fourth-order valence-electron chi connectivity index (χ4n) is 1.98. The van der Waals surface area contributed by atoms with Gasteiger partial charge in [-0.2, -0.15) is 5.10 Å². The van der Waals surface area contributed by atoms with Crippen molar-refractivity contribution in [3.05, 3.63) is 75.8 Å². The highest BCUT2D eigenvalue weighted by atomic mass is 16.6. The van der Waals surface area contributed by atoms with Crippen LogP contribution in [0.2, 0.25) is 0 Å². The number of nitro benzene ring substituents is 1. The number of nitro groups is 1. The van der Waals surface area contributed by atoms with E-state index >= 15 is 0 Å². The van der Waals surface area contributed by atoms with E-state index in [0.29, 0.717) is 5.56 Å². The number of benzene rings is 2. The van der Waals surface area contributed by atoms with Crippen LogP contribution in [0.1, 0.15) is 15.9 Å². The van der Waals surface area contributed by atoms with E-state index in [1.807, 2.05) is 49.3 Å². The Bertz CT molecular complexity index is 794. The lowest BCUT2D eigenvalue weighted by Gasteiger charge is -2.11. The van der Waals surface area contributed by atoms with Gasteiger partial charge in [0.15, 0.2) is 0 Å². The molecular weight excluding hydrogens is 320 g/mol. The van der Waals surface area contributed by atoms with Crippen molar-refractivity contribution in [2.24, 2.45) is 5.10 Å². The molecule has 0 bridgehead atoms. The fourth-order valence-corrected chi connectivity index (χ4v) is 1.98. The predicted octanol–water partition coefficient (Wildman–Crippen LogP) is 3.09. The molecule has 0 unspecified atom stereocenters. The summed E-state index contributed by atoms with van der Waals surface area (Å²) in [4.78, 5) is 23.9. The number of hydrogen-bond donors (Lipinski definition) is 1. The topological polar surface area (TPSA) is 87.8 Å². The zero-order valence-corrected chi connectivity index (χ0v) is 13.9. The minimum absolute atomic E-state index is 0.0664. The molecule has 0 aliphatic heterocycles. The minimum Gasteiger partial charge on any atom is -0.378 e. The summed E-state index contributed by atoms with van der Waals surface area (Å²) in [5.41, 5.74) is 4.72. The standard InChI is InChI=1S/C18H18N4O3/c1-21(2)16-9-5-14(6-10-16)4-3-13-19-20-18(23)15-7-11-17(12-8-15)22(24)25/h3-13H,1-2H3,(H,20,23)/b4-3+,19-13+. The molecule has 0 aromatic heterocycles. The number of allylic oxidation sites excluding steroid dienone is 1. The number of non-ortho nitro benzene ring substituents is 1. The van der Waals surface area contributed by atoms with Crippen molar-refractivity contribution in [2.75, 3.05) is 19.0 Å². The SMILES string of the molecule is CN(C)c1ccc(/C=C/C=N/NC(=O)c2ccc([N+](=O)[O-])cc2)cc1. The number of carbonyl (C=O) groups excluding carboxylic acids is 1. The molecule has 2 aromatic rings.